The third-order valence-electron chi connectivity index (χ3n) is 4.64. The Morgan fingerprint density at radius 3 is 2.61 bits per heavy atom. The van der Waals surface area contributed by atoms with Gasteiger partial charge in [0.15, 0.2) is 0 Å². The van der Waals surface area contributed by atoms with Crippen molar-refractivity contribution in [3.8, 4) is 11.4 Å². The number of nitrogens with zero attached hydrogens (tertiary/aromatic N) is 3. The van der Waals surface area contributed by atoms with E-state index < -0.39 is 0 Å². The summed E-state index contributed by atoms with van der Waals surface area (Å²) in [4.78, 5) is 18.6. The predicted octanol–water partition coefficient (Wildman–Crippen LogP) is 3.51. The van der Waals surface area contributed by atoms with Crippen LogP contribution >= 0.6 is 11.6 Å². The highest BCUT2D eigenvalue weighted by Crippen LogP contribution is 2.34. The summed E-state index contributed by atoms with van der Waals surface area (Å²) in [6.07, 6.45) is 3.87. The molecule has 0 N–H and O–H groups in total. The molecule has 23 heavy (non-hydrogen) atoms. The smallest absolute Gasteiger partial charge is 0.230 e. The van der Waals surface area contributed by atoms with Crippen LogP contribution in [0.15, 0.2) is 28.8 Å². The lowest BCUT2D eigenvalue weighted by atomic mass is 9.96. The molecule has 1 saturated heterocycles. The third kappa shape index (κ3) is 2.98. The van der Waals surface area contributed by atoms with E-state index in [9.17, 15) is 4.79 Å². The first-order valence-electron chi connectivity index (χ1n) is 8.09. The van der Waals surface area contributed by atoms with Crippen LogP contribution in [0.1, 0.15) is 37.5 Å². The van der Waals surface area contributed by atoms with Gasteiger partial charge in [0.2, 0.25) is 17.6 Å². The van der Waals surface area contributed by atoms with Crippen molar-refractivity contribution in [2.45, 2.75) is 31.6 Å². The van der Waals surface area contributed by atoms with Crippen molar-refractivity contribution in [2.75, 3.05) is 13.1 Å². The Balaban J connectivity index is 1.44. The zero-order valence-electron chi connectivity index (χ0n) is 12.7. The molecule has 1 aliphatic heterocycles. The van der Waals surface area contributed by atoms with Gasteiger partial charge in [0, 0.05) is 30.5 Å². The van der Waals surface area contributed by atoms with E-state index in [-0.39, 0.29) is 5.92 Å². The molecule has 0 spiro atoms. The van der Waals surface area contributed by atoms with Gasteiger partial charge in [-0.15, -0.1) is 0 Å². The van der Waals surface area contributed by atoms with Crippen LogP contribution in [-0.4, -0.2) is 34.0 Å². The third-order valence-corrected chi connectivity index (χ3v) is 4.97. The van der Waals surface area contributed by atoms with Crippen LogP contribution in [0.25, 0.3) is 11.4 Å². The highest BCUT2D eigenvalue weighted by Gasteiger charge is 2.36. The topological polar surface area (TPSA) is 59.2 Å². The molecule has 0 atom stereocenters. The highest BCUT2D eigenvalue weighted by atomic mass is 35.5. The fourth-order valence-electron chi connectivity index (χ4n) is 3.09. The number of aromatic nitrogens is 2. The van der Waals surface area contributed by atoms with Gasteiger partial charge in [-0.25, -0.2) is 0 Å². The predicted molar refractivity (Wildman–Crippen MR) is 86.0 cm³/mol. The molecule has 1 amide bonds. The lowest BCUT2D eigenvalue weighted by Crippen LogP contribution is -2.38. The average Bonchev–Trinajstić information content (AvgIpc) is 3.32. The summed E-state index contributed by atoms with van der Waals surface area (Å²) in [6.45, 7) is 1.56. The van der Waals surface area contributed by atoms with E-state index in [4.69, 9.17) is 16.1 Å². The molecule has 0 unspecified atom stereocenters. The maximum absolute atomic E-state index is 12.1. The first-order chi connectivity index (χ1) is 11.2. The molecular weight excluding hydrogens is 314 g/mol. The maximum Gasteiger partial charge on any atom is 0.230 e. The molecule has 2 aromatic rings. The van der Waals surface area contributed by atoms with Gasteiger partial charge in [0.1, 0.15) is 0 Å². The first kappa shape index (κ1) is 14.7. The van der Waals surface area contributed by atoms with Crippen molar-refractivity contribution in [1.82, 2.24) is 15.0 Å². The van der Waals surface area contributed by atoms with Crippen LogP contribution in [0.5, 0.6) is 0 Å². The minimum Gasteiger partial charge on any atom is -0.342 e. The number of likely N-dealkylation sites (tertiary alicyclic amines) is 1. The normalized spacial score (nSPS) is 19.1. The van der Waals surface area contributed by atoms with Gasteiger partial charge in [-0.05, 0) is 37.8 Å². The van der Waals surface area contributed by atoms with Crippen LogP contribution in [0.3, 0.4) is 0 Å². The summed E-state index contributed by atoms with van der Waals surface area (Å²) in [7, 11) is 0. The summed E-state index contributed by atoms with van der Waals surface area (Å²) in [5, 5.41) is 4.68. The summed E-state index contributed by atoms with van der Waals surface area (Å²) < 4.78 is 5.45. The van der Waals surface area contributed by atoms with Crippen LogP contribution < -0.4 is 0 Å². The van der Waals surface area contributed by atoms with E-state index in [1.807, 2.05) is 29.2 Å². The van der Waals surface area contributed by atoms with E-state index in [1.165, 1.54) is 0 Å². The monoisotopic (exact) mass is 331 g/mol. The van der Waals surface area contributed by atoms with Gasteiger partial charge in [-0.3, -0.25) is 4.79 Å². The number of amides is 1. The molecule has 5 nitrogen and oxygen atoms in total. The van der Waals surface area contributed by atoms with E-state index in [1.54, 1.807) is 0 Å². The molecule has 1 saturated carbocycles. The molecule has 2 fully saturated rings. The van der Waals surface area contributed by atoms with Crippen molar-refractivity contribution in [3.05, 3.63) is 35.2 Å². The fraction of sp³-hybridized carbons (Fsp3) is 0.471. The molecule has 120 valence electrons. The van der Waals surface area contributed by atoms with Crippen LogP contribution in [0.4, 0.5) is 0 Å². The summed E-state index contributed by atoms with van der Waals surface area (Å²) in [5.41, 5.74) is 0.783. The molecule has 0 radical (unpaired) electrons. The second kappa shape index (κ2) is 5.96. The lowest BCUT2D eigenvalue weighted by Gasteiger charge is -2.30. The van der Waals surface area contributed by atoms with E-state index in [2.05, 4.69) is 10.1 Å². The SMILES string of the molecule is O=C(C1CC1)N1CCC(c2nc(-c3ccccc3Cl)no2)CC1. The van der Waals surface area contributed by atoms with Crippen molar-refractivity contribution < 1.29 is 9.32 Å². The number of benzene rings is 1. The Kier molecular flexibility index (Phi) is 3.81. The fourth-order valence-corrected chi connectivity index (χ4v) is 3.31. The number of hydrogen-bond donors (Lipinski definition) is 0. The van der Waals surface area contributed by atoms with Crippen LogP contribution in [0.2, 0.25) is 5.02 Å². The van der Waals surface area contributed by atoms with Gasteiger partial charge in [0.05, 0.1) is 5.02 Å². The Hall–Kier alpha value is -1.88. The minimum absolute atomic E-state index is 0.224. The number of hydrogen-bond acceptors (Lipinski definition) is 4. The van der Waals surface area contributed by atoms with E-state index in [0.717, 1.165) is 44.3 Å². The molecule has 1 aromatic heterocycles. The minimum atomic E-state index is 0.224. The van der Waals surface area contributed by atoms with Gasteiger partial charge in [0.25, 0.3) is 0 Å². The summed E-state index contributed by atoms with van der Waals surface area (Å²) in [6, 6.07) is 7.47. The first-order valence-corrected chi connectivity index (χ1v) is 8.47. The molecular formula is C17H18ClN3O2. The molecule has 0 bridgehead atoms. The summed E-state index contributed by atoms with van der Waals surface area (Å²) in [5.74, 6) is 2.02. The Bertz CT molecular complexity index is 718. The number of halogens is 1. The van der Waals surface area contributed by atoms with Gasteiger partial charge in [-0.2, -0.15) is 4.98 Å². The van der Waals surface area contributed by atoms with Crippen molar-refractivity contribution >= 4 is 17.5 Å². The van der Waals surface area contributed by atoms with Gasteiger partial charge >= 0.3 is 0 Å². The van der Waals surface area contributed by atoms with E-state index >= 15 is 0 Å². The van der Waals surface area contributed by atoms with Crippen molar-refractivity contribution in [3.63, 3.8) is 0 Å². The molecule has 2 heterocycles. The average molecular weight is 332 g/mol. The van der Waals surface area contributed by atoms with E-state index in [0.29, 0.717) is 28.6 Å². The Morgan fingerprint density at radius 1 is 1.17 bits per heavy atom. The Morgan fingerprint density at radius 2 is 1.91 bits per heavy atom. The molecule has 4 rings (SSSR count). The standard InChI is InChI=1S/C17H18ClN3O2/c18-14-4-2-1-3-13(14)15-19-16(23-20-15)11-7-9-21(10-8-11)17(22)12-5-6-12/h1-4,11-12H,5-10H2. The number of carbonyl (C=O) groups is 1. The Labute approximate surface area is 139 Å². The zero-order chi connectivity index (χ0) is 15.8. The highest BCUT2D eigenvalue weighted by molar-refractivity contribution is 6.33. The molecule has 1 aromatic carbocycles. The second-order valence-electron chi connectivity index (χ2n) is 6.31. The van der Waals surface area contributed by atoms with Crippen LogP contribution in [-0.2, 0) is 4.79 Å². The van der Waals surface area contributed by atoms with Crippen molar-refractivity contribution in [1.29, 1.82) is 0 Å². The molecule has 2 aliphatic rings. The number of rotatable bonds is 3. The van der Waals surface area contributed by atoms with Gasteiger partial charge < -0.3 is 9.42 Å². The number of piperidine rings is 1. The molecule has 6 heteroatoms. The molecule has 1 aliphatic carbocycles. The largest absolute Gasteiger partial charge is 0.342 e. The van der Waals surface area contributed by atoms with Gasteiger partial charge in [-0.1, -0.05) is 28.9 Å². The van der Waals surface area contributed by atoms with Crippen LogP contribution in [0, 0.1) is 5.92 Å². The van der Waals surface area contributed by atoms with Crippen molar-refractivity contribution in [2.24, 2.45) is 5.92 Å². The number of carbonyl (C=O) groups excluding carboxylic acids is 1. The second-order valence-corrected chi connectivity index (χ2v) is 6.72. The zero-order valence-corrected chi connectivity index (χ0v) is 13.5. The summed E-state index contributed by atoms with van der Waals surface area (Å²) >= 11 is 6.18. The quantitative estimate of drug-likeness (QED) is 0.863. The maximum atomic E-state index is 12.1. The lowest BCUT2D eigenvalue weighted by molar-refractivity contribution is -0.133.